The molecule has 0 unspecified atom stereocenters. The van der Waals surface area contributed by atoms with Gasteiger partial charge in [0.1, 0.15) is 0 Å². The van der Waals surface area contributed by atoms with Crippen molar-refractivity contribution in [1.82, 2.24) is 9.21 Å². The molecular formula is C20H21F3N2O3S. The Morgan fingerprint density at radius 1 is 0.966 bits per heavy atom. The second-order valence-electron chi connectivity index (χ2n) is 6.88. The highest BCUT2D eigenvalue weighted by Gasteiger charge is 2.39. The lowest BCUT2D eigenvalue weighted by Crippen LogP contribution is -2.51. The van der Waals surface area contributed by atoms with Crippen molar-refractivity contribution in [3.8, 4) is 0 Å². The molecule has 2 aromatic carbocycles. The first kappa shape index (κ1) is 21.3. The monoisotopic (exact) mass is 426 g/mol. The number of piperazine rings is 1. The summed E-state index contributed by atoms with van der Waals surface area (Å²) in [7, 11) is -4.32. The van der Waals surface area contributed by atoms with Crippen LogP contribution in [0.4, 0.5) is 13.2 Å². The van der Waals surface area contributed by atoms with Gasteiger partial charge in [0.2, 0.25) is 15.9 Å². The second-order valence-corrected chi connectivity index (χ2v) is 8.79. The lowest BCUT2D eigenvalue weighted by molar-refractivity contribution is -0.139. The van der Waals surface area contributed by atoms with Crippen LogP contribution in [-0.4, -0.2) is 49.7 Å². The van der Waals surface area contributed by atoms with Crippen LogP contribution in [0.15, 0.2) is 53.4 Å². The first-order valence-electron chi connectivity index (χ1n) is 9.09. The van der Waals surface area contributed by atoms with Gasteiger partial charge in [-0.2, -0.15) is 17.5 Å². The summed E-state index contributed by atoms with van der Waals surface area (Å²) in [5.41, 5.74) is 0.704. The van der Waals surface area contributed by atoms with Crippen molar-refractivity contribution < 1.29 is 26.4 Å². The number of hydrogen-bond donors (Lipinski definition) is 0. The SMILES string of the molecule is Cc1ccccc1CC(=O)N1CCN(S(=O)(=O)c2ccccc2C(F)(F)F)CC1. The lowest BCUT2D eigenvalue weighted by atomic mass is 10.1. The Morgan fingerprint density at radius 3 is 2.17 bits per heavy atom. The summed E-state index contributed by atoms with van der Waals surface area (Å²) in [5.74, 6) is -0.132. The average molecular weight is 426 g/mol. The molecule has 0 radical (unpaired) electrons. The Bertz CT molecular complexity index is 998. The fourth-order valence-electron chi connectivity index (χ4n) is 3.33. The first-order valence-corrected chi connectivity index (χ1v) is 10.5. The third kappa shape index (κ3) is 4.62. The number of alkyl halides is 3. The molecule has 1 fully saturated rings. The minimum atomic E-state index is -4.77. The van der Waals surface area contributed by atoms with E-state index in [4.69, 9.17) is 0 Å². The predicted molar refractivity (Wildman–Crippen MR) is 102 cm³/mol. The molecule has 9 heteroatoms. The van der Waals surface area contributed by atoms with Gasteiger partial charge in [-0.15, -0.1) is 0 Å². The van der Waals surface area contributed by atoms with E-state index in [0.29, 0.717) is 0 Å². The van der Waals surface area contributed by atoms with E-state index < -0.39 is 26.7 Å². The van der Waals surface area contributed by atoms with Crippen LogP contribution in [0.5, 0.6) is 0 Å². The van der Waals surface area contributed by atoms with Gasteiger partial charge in [-0.05, 0) is 30.2 Å². The molecule has 1 saturated heterocycles. The van der Waals surface area contributed by atoms with Gasteiger partial charge in [-0.3, -0.25) is 4.79 Å². The van der Waals surface area contributed by atoms with Crippen molar-refractivity contribution in [2.24, 2.45) is 0 Å². The maximum atomic E-state index is 13.2. The number of rotatable bonds is 4. The zero-order valence-electron chi connectivity index (χ0n) is 15.8. The van der Waals surface area contributed by atoms with Gasteiger partial charge in [-0.1, -0.05) is 36.4 Å². The molecule has 1 aliphatic heterocycles. The summed E-state index contributed by atoms with van der Waals surface area (Å²) in [4.78, 5) is 13.3. The third-order valence-electron chi connectivity index (χ3n) is 5.00. The van der Waals surface area contributed by atoms with Crippen molar-refractivity contribution >= 4 is 15.9 Å². The normalized spacial score (nSPS) is 16.1. The lowest BCUT2D eigenvalue weighted by Gasteiger charge is -2.34. The van der Waals surface area contributed by atoms with Crippen LogP contribution in [0.2, 0.25) is 0 Å². The largest absolute Gasteiger partial charge is 0.417 e. The van der Waals surface area contributed by atoms with E-state index in [-0.39, 0.29) is 38.5 Å². The molecule has 2 aromatic rings. The van der Waals surface area contributed by atoms with Crippen LogP contribution in [-0.2, 0) is 27.4 Å². The van der Waals surface area contributed by atoms with E-state index in [2.05, 4.69) is 0 Å². The number of halogens is 3. The van der Waals surface area contributed by atoms with Crippen LogP contribution in [0.1, 0.15) is 16.7 Å². The fraction of sp³-hybridized carbons (Fsp3) is 0.350. The smallest absolute Gasteiger partial charge is 0.340 e. The molecule has 0 aromatic heterocycles. The van der Waals surface area contributed by atoms with Crippen molar-refractivity contribution in [3.05, 3.63) is 65.2 Å². The van der Waals surface area contributed by atoms with Gasteiger partial charge in [0.25, 0.3) is 0 Å². The topological polar surface area (TPSA) is 57.7 Å². The molecule has 1 aliphatic rings. The minimum absolute atomic E-state index is 0.0476. The summed E-state index contributed by atoms with van der Waals surface area (Å²) < 4.78 is 66.2. The Hall–Kier alpha value is -2.39. The third-order valence-corrected chi connectivity index (χ3v) is 6.96. The number of aryl methyl sites for hydroxylation is 1. The first-order chi connectivity index (χ1) is 13.6. The molecule has 3 rings (SSSR count). The van der Waals surface area contributed by atoms with E-state index in [1.165, 1.54) is 6.07 Å². The van der Waals surface area contributed by atoms with Crippen LogP contribution in [0, 0.1) is 6.92 Å². The summed E-state index contributed by atoms with van der Waals surface area (Å²) in [6.07, 6.45) is -4.56. The number of nitrogens with zero attached hydrogens (tertiary/aromatic N) is 2. The van der Waals surface area contributed by atoms with Gasteiger partial charge < -0.3 is 4.90 Å². The quantitative estimate of drug-likeness (QED) is 0.755. The predicted octanol–water partition coefficient (Wildman–Crippen LogP) is 3.09. The van der Waals surface area contributed by atoms with Crippen LogP contribution in [0.3, 0.4) is 0 Å². The minimum Gasteiger partial charge on any atom is -0.340 e. The summed E-state index contributed by atoms with van der Waals surface area (Å²) in [6.45, 7) is 2.09. The van der Waals surface area contributed by atoms with E-state index >= 15 is 0 Å². The highest BCUT2D eigenvalue weighted by molar-refractivity contribution is 7.89. The molecule has 0 saturated carbocycles. The molecule has 0 N–H and O–H groups in total. The number of amides is 1. The molecule has 0 aliphatic carbocycles. The molecule has 0 atom stereocenters. The van der Waals surface area contributed by atoms with Crippen molar-refractivity contribution in [3.63, 3.8) is 0 Å². The maximum absolute atomic E-state index is 13.2. The number of sulfonamides is 1. The van der Waals surface area contributed by atoms with Crippen molar-refractivity contribution in [1.29, 1.82) is 0 Å². The van der Waals surface area contributed by atoms with Gasteiger partial charge >= 0.3 is 6.18 Å². The second kappa shape index (κ2) is 8.16. The zero-order chi connectivity index (χ0) is 21.2. The van der Waals surface area contributed by atoms with Gasteiger partial charge in [0.05, 0.1) is 16.9 Å². The number of carbonyl (C=O) groups excluding carboxylic acids is 1. The number of carbonyl (C=O) groups is 1. The Kier molecular flexibility index (Phi) is 6.00. The van der Waals surface area contributed by atoms with Crippen molar-refractivity contribution in [2.45, 2.75) is 24.4 Å². The highest BCUT2D eigenvalue weighted by atomic mass is 32.2. The molecule has 0 spiro atoms. The Morgan fingerprint density at radius 2 is 1.55 bits per heavy atom. The molecule has 0 bridgehead atoms. The van der Waals surface area contributed by atoms with Gasteiger partial charge in [0.15, 0.2) is 0 Å². The average Bonchev–Trinajstić information content (AvgIpc) is 2.69. The van der Waals surface area contributed by atoms with Gasteiger partial charge in [-0.25, -0.2) is 8.42 Å². The number of benzene rings is 2. The summed E-state index contributed by atoms with van der Waals surface area (Å²) in [6, 6.07) is 11.6. The van der Waals surface area contributed by atoms with Gasteiger partial charge in [0, 0.05) is 26.2 Å². The standard InChI is InChI=1S/C20H21F3N2O3S/c1-15-6-2-3-7-16(15)14-19(26)24-10-12-25(13-11-24)29(27,28)18-9-5-4-8-17(18)20(21,22)23/h2-9H,10-14H2,1H3. The Labute approximate surface area is 167 Å². The van der Waals surface area contributed by atoms with E-state index in [9.17, 15) is 26.4 Å². The van der Waals surface area contributed by atoms with E-state index in [1.54, 1.807) is 4.90 Å². The maximum Gasteiger partial charge on any atom is 0.417 e. The molecule has 156 valence electrons. The Balaban J connectivity index is 1.71. The summed E-state index contributed by atoms with van der Waals surface area (Å²) >= 11 is 0. The summed E-state index contributed by atoms with van der Waals surface area (Å²) in [5, 5.41) is 0. The van der Waals surface area contributed by atoms with E-state index in [1.807, 2.05) is 31.2 Å². The molecule has 1 heterocycles. The highest BCUT2D eigenvalue weighted by Crippen LogP contribution is 2.35. The molecule has 29 heavy (non-hydrogen) atoms. The molecule has 5 nitrogen and oxygen atoms in total. The van der Waals surface area contributed by atoms with Crippen LogP contribution >= 0.6 is 0 Å². The zero-order valence-corrected chi connectivity index (χ0v) is 16.6. The van der Waals surface area contributed by atoms with Crippen molar-refractivity contribution in [2.75, 3.05) is 26.2 Å². The van der Waals surface area contributed by atoms with Crippen LogP contribution in [0.25, 0.3) is 0 Å². The molecular weight excluding hydrogens is 405 g/mol. The number of hydrogen-bond acceptors (Lipinski definition) is 3. The fourth-order valence-corrected chi connectivity index (χ4v) is 4.96. The van der Waals surface area contributed by atoms with Crippen LogP contribution < -0.4 is 0 Å². The molecule has 1 amide bonds. The van der Waals surface area contributed by atoms with E-state index in [0.717, 1.165) is 33.6 Å².